The van der Waals surface area contributed by atoms with Gasteiger partial charge in [-0.05, 0) is 50.1 Å². The smallest absolute Gasteiger partial charge is 0.225 e. The number of hydrogen-bond acceptors (Lipinski definition) is 5. The topological polar surface area (TPSA) is 45.2 Å². The van der Waals surface area contributed by atoms with Crippen molar-refractivity contribution in [3.8, 4) is 0 Å². The first-order valence-corrected chi connectivity index (χ1v) is 8.79. The molecule has 3 heterocycles. The molecule has 5 heteroatoms. The third-order valence-corrected chi connectivity index (χ3v) is 4.62. The highest BCUT2D eigenvalue weighted by Gasteiger charge is 2.23. The summed E-state index contributed by atoms with van der Waals surface area (Å²) in [5, 5.41) is 0. The second-order valence-corrected chi connectivity index (χ2v) is 6.81. The zero-order valence-electron chi connectivity index (χ0n) is 14.9. The highest BCUT2D eigenvalue weighted by atomic mass is 15.2. The van der Waals surface area contributed by atoms with E-state index in [1.54, 1.807) is 0 Å². The Morgan fingerprint density at radius 3 is 2.67 bits per heavy atom. The number of anilines is 1. The van der Waals surface area contributed by atoms with Gasteiger partial charge in [0.1, 0.15) is 0 Å². The van der Waals surface area contributed by atoms with Crippen LogP contribution in [0.2, 0.25) is 0 Å². The van der Waals surface area contributed by atoms with Gasteiger partial charge in [0.15, 0.2) is 0 Å². The van der Waals surface area contributed by atoms with E-state index in [4.69, 9.17) is 4.98 Å². The lowest BCUT2D eigenvalue weighted by molar-refractivity contribution is 0.190. The number of rotatable bonds is 4. The maximum Gasteiger partial charge on any atom is 0.225 e. The van der Waals surface area contributed by atoms with Gasteiger partial charge in [-0.3, -0.25) is 9.88 Å². The molecule has 1 aliphatic rings. The lowest BCUT2D eigenvalue weighted by Crippen LogP contribution is -2.29. The maximum absolute atomic E-state index is 4.75. The van der Waals surface area contributed by atoms with E-state index in [1.165, 1.54) is 31.2 Å². The normalized spacial score (nSPS) is 19.0. The molecule has 0 spiro atoms. The molecule has 5 nitrogen and oxygen atoms in total. The van der Waals surface area contributed by atoms with Gasteiger partial charge in [-0.15, -0.1) is 0 Å². The Morgan fingerprint density at radius 2 is 1.92 bits per heavy atom. The minimum Gasteiger partial charge on any atom is -0.347 e. The van der Waals surface area contributed by atoms with Crippen molar-refractivity contribution in [2.24, 2.45) is 0 Å². The van der Waals surface area contributed by atoms with Gasteiger partial charge in [0, 0.05) is 44.8 Å². The van der Waals surface area contributed by atoms with Gasteiger partial charge in [-0.1, -0.05) is 12.8 Å². The molecule has 0 amide bonds. The molecule has 0 N–H and O–H groups in total. The van der Waals surface area contributed by atoms with Crippen LogP contribution in [-0.2, 0) is 6.54 Å². The van der Waals surface area contributed by atoms with Gasteiger partial charge < -0.3 is 4.90 Å². The maximum atomic E-state index is 4.75. The Morgan fingerprint density at radius 1 is 1.12 bits per heavy atom. The van der Waals surface area contributed by atoms with Crippen LogP contribution in [-0.4, -0.2) is 40.5 Å². The first-order valence-electron chi connectivity index (χ1n) is 8.79. The first-order chi connectivity index (χ1) is 11.6. The highest BCUT2D eigenvalue weighted by molar-refractivity contribution is 5.30. The molecule has 1 atom stereocenters. The fraction of sp³-hybridized carbons (Fsp3) is 0.526. The predicted molar refractivity (Wildman–Crippen MR) is 97.0 cm³/mol. The molecule has 0 aliphatic carbocycles. The molecule has 24 heavy (non-hydrogen) atoms. The number of likely N-dealkylation sites (tertiary alicyclic amines) is 1. The second kappa shape index (κ2) is 7.71. The number of aryl methyl sites for hydroxylation is 1. The average Bonchev–Trinajstić information content (AvgIpc) is 2.80. The van der Waals surface area contributed by atoms with Crippen molar-refractivity contribution < 1.29 is 0 Å². The van der Waals surface area contributed by atoms with Gasteiger partial charge >= 0.3 is 0 Å². The van der Waals surface area contributed by atoms with Crippen LogP contribution in [0.25, 0.3) is 0 Å². The van der Waals surface area contributed by atoms with Crippen molar-refractivity contribution in [1.29, 1.82) is 0 Å². The van der Waals surface area contributed by atoms with E-state index < -0.39 is 0 Å². The van der Waals surface area contributed by atoms with Gasteiger partial charge in [-0.25, -0.2) is 9.97 Å². The van der Waals surface area contributed by atoms with Gasteiger partial charge in [0.05, 0.1) is 5.69 Å². The third-order valence-electron chi connectivity index (χ3n) is 4.62. The van der Waals surface area contributed by atoms with E-state index in [-0.39, 0.29) is 0 Å². The molecule has 1 aliphatic heterocycles. The number of nitrogens with zero attached hydrogens (tertiary/aromatic N) is 5. The van der Waals surface area contributed by atoms with Gasteiger partial charge in [0.25, 0.3) is 0 Å². The summed E-state index contributed by atoms with van der Waals surface area (Å²) in [7, 11) is 3.98. The molecule has 1 saturated heterocycles. The number of pyridine rings is 1. The highest BCUT2D eigenvalue weighted by Crippen LogP contribution is 2.31. The average molecular weight is 325 g/mol. The van der Waals surface area contributed by atoms with E-state index in [0.717, 1.165) is 30.4 Å². The van der Waals surface area contributed by atoms with Gasteiger partial charge in [-0.2, -0.15) is 0 Å². The molecule has 1 fully saturated rings. The molecule has 0 bridgehead atoms. The largest absolute Gasteiger partial charge is 0.347 e. The zero-order valence-corrected chi connectivity index (χ0v) is 14.9. The fourth-order valence-corrected chi connectivity index (χ4v) is 3.43. The summed E-state index contributed by atoms with van der Waals surface area (Å²) in [6, 6.07) is 6.87. The molecular weight excluding hydrogens is 298 g/mol. The Hall–Kier alpha value is -2.01. The second-order valence-electron chi connectivity index (χ2n) is 6.81. The molecule has 2 aromatic rings. The summed E-state index contributed by atoms with van der Waals surface area (Å²) < 4.78 is 0. The van der Waals surface area contributed by atoms with Crippen LogP contribution < -0.4 is 4.90 Å². The predicted octanol–water partition coefficient (Wildman–Crippen LogP) is 3.36. The molecule has 1 unspecified atom stereocenters. The van der Waals surface area contributed by atoms with Crippen LogP contribution >= 0.6 is 0 Å². The first kappa shape index (κ1) is 16.8. The molecule has 0 radical (unpaired) electrons. The Labute approximate surface area is 144 Å². The van der Waals surface area contributed by atoms with Crippen LogP contribution in [0.3, 0.4) is 0 Å². The molecule has 128 valence electrons. The van der Waals surface area contributed by atoms with Crippen molar-refractivity contribution in [2.45, 2.75) is 45.2 Å². The molecular formula is C19H27N5. The Bertz CT molecular complexity index is 656. The van der Waals surface area contributed by atoms with Gasteiger partial charge in [0.2, 0.25) is 5.95 Å². The summed E-state index contributed by atoms with van der Waals surface area (Å²) in [6.07, 6.45) is 8.86. The quantitative estimate of drug-likeness (QED) is 0.862. The summed E-state index contributed by atoms with van der Waals surface area (Å²) >= 11 is 0. The molecule has 2 aromatic heterocycles. The molecule has 3 rings (SSSR count). The SMILES string of the molecule is Cc1cc(CN2CCCCCC2c2ccncc2)nc(N(C)C)n1. The van der Waals surface area contributed by atoms with E-state index >= 15 is 0 Å². The summed E-state index contributed by atoms with van der Waals surface area (Å²) in [5.74, 6) is 0.792. The van der Waals surface area contributed by atoms with Crippen molar-refractivity contribution in [1.82, 2.24) is 19.9 Å². The minimum absolute atomic E-state index is 0.452. The van der Waals surface area contributed by atoms with Crippen LogP contribution in [0.5, 0.6) is 0 Å². The number of hydrogen-bond donors (Lipinski definition) is 0. The van der Waals surface area contributed by atoms with Crippen molar-refractivity contribution in [3.05, 3.63) is 47.5 Å². The Kier molecular flexibility index (Phi) is 5.41. The van der Waals surface area contributed by atoms with Crippen LogP contribution in [0.15, 0.2) is 30.6 Å². The fourth-order valence-electron chi connectivity index (χ4n) is 3.43. The van der Waals surface area contributed by atoms with Crippen molar-refractivity contribution in [3.63, 3.8) is 0 Å². The van der Waals surface area contributed by atoms with E-state index in [0.29, 0.717) is 6.04 Å². The minimum atomic E-state index is 0.452. The monoisotopic (exact) mass is 325 g/mol. The zero-order chi connectivity index (χ0) is 16.9. The van der Waals surface area contributed by atoms with Crippen molar-refractivity contribution in [2.75, 3.05) is 25.5 Å². The third kappa shape index (κ3) is 4.09. The van der Waals surface area contributed by atoms with Crippen molar-refractivity contribution >= 4 is 5.95 Å². The summed E-state index contributed by atoms with van der Waals surface area (Å²) in [6.45, 7) is 4.03. The van der Waals surface area contributed by atoms with Crippen LogP contribution in [0.4, 0.5) is 5.95 Å². The van der Waals surface area contributed by atoms with E-state index in [2.05, 4.69) is 33.1 Å². The van der Waals surface area contributed by atoms with E-state index in [9.17, 15) is 0 Å². The van der Waals surface area contributed by atoms with Crippen LogP contribution in [0.1, 0.15) is 48.7 Å². The molecule has 0 saturated carbocycles. The molecule has 0 aromatic carbocycles. The summed E-state index contributed by atoms with van der Waals surface area (Å²) in [5.41, 5.74) is 3.50. The standard InChI is InChI=1S/C19H27N5/c1-15-13-17(22-19(21-15)23(2)3)14-24-12-6-4-5-7-18(24)16-8-10-20-11-9-16/h8-11,13,18H,4-7,12,14H2,1-3H3. The van der Waals surface area contributed by atoms with E-state index in [1.807, 2.05) is 38.3 Å². The lowest BCUT2D eigenvalue weighted by Gasteiger charge is -2.30. The lowest BCUT2D eigenvalue weighted by atomic mass is 10.0. The summed E-state index contributed by atoms with van der Waals surface area (Å²) in [4.78, 5) is 18.0. The number of aromatic nitrogens is 3. The van der Waals surface area contributed by atoms with Crippen LogP contribution in [0, 0.1) is 6.92 Å². The Balaban J connectivity index is 1.85.